The van der Waals surface area contributed by atoms with Crippen LogP contribution in [0.3, 0.4) is 0 Å². The van der Waals surface area contributed by atoms with E-state index < -0.39 is 0 Å². The number of carbonyl (C=O) groups is 1. The third-order valence-corrected chi connectivity index (χ3v) is 3.55. The largest absolute Gasteiger partial charge is 0.385 e. The monoisotopic (exact) mass is 276 g/mol. The first-order valence-corrected chi connectivity index (χ1v) is 7.44. The number of aryl methyl sites for hydroxylation is 1. The van der Waals surface area contributed by atoms with Gasteiger partial charge < -0.3 is 15.4 Å². The number of amides is 1. The molecule has 1 unspecified atom stereocenters. The maximum absolute atomic E-state index is 12.3. The Balaban J connectivity index is 1.98. The molecular formula is C16H24N2O2. The number of anilines is 1. The van der Waals surface area contributed by atoms with Gasteiger partial charge in [-0.2, -0.15) is 0 Å². The van der Waals surface area contributed by atoms with Gasteiger partial charge in [-0.15, -0.1) is 0 Å². The van der Waals surface area contributed by atoms with Crippen LogP contribution in [0.1, 0.15) is 42.1 Å². The molecule has 1 aromatic carbocycles. The fourth-order valence-corrected chi connectivity index (χ4v) is 2.42. The summed E-state index contributed by atoms with van der Waals surface area (Å²) in [5.74, 6) is 0.0000384. The van der Waals surface area contributed by atoms with Crippen LogP contribution in [0.5, 0.6) is 0 Å². The molecule has 1 aliphatic heterocycles. The zero-order valence-electron chi connectivity index (χ0n) is 12.4. The van der Waals surface area contributed by atoms with E-state index in [0.717, 1.165) is 49.2 Å². The van der Waals surface area contributed by atoms with Gasteiger partial charge in [0.1, 0.15) is 0 Å². The molecule has 1 aliphatic rings. The Labute approximate surface area is 120 Å². The van der Waals surface area contributed by atoms with Gasteiger partial charge in [-0.05, 0) is 49.9 Å². The van der Waals surface area contributed by atoms with Crippen LogP contribution in [-0.4, -0.2) is 31.7 Å². The van der Waals surface area contributed by atoms with Gasteiger partial charge in [0.05, 0.1) is 12.6 Å². The lowest BCUT2D eigenvalue weighted by Gasteiger charge is -2.23. The molecule has 0 radical (unpaired) electrons. The van der Waals surface area contributed by atoms with E-state index in [1.165, 1.54) is 0 Å². The first-order chi connectivity index (χ1) is 9.70. The fraction of sp³-hybridized carbons (Fsp3) is 0.562. The zero-order chi connectivity index (χ0) is 14.4. The van der Waals surface area contributed by atoms with Gasteiger partial charge in [-0.3, -0.25) is 4.79 Å². The highest BCUT2D eigenvalue weighted by molar-refractivity contribution is 5.96. The maximum atomic E-state index is 12.3. The van der Waals surface area contributed by atoms with Crippen molar-refractivity contribution < 1.29 is 9.53 Å². The van der Waals surface area contributed by atoms with Crippen LogP contribution in [0.15, 0.2) is 18.2 Å². The number of benzene rings is 1. The van der Waals surface area contributed by atoms with Crippen LogP contribution in [0.2, 0.25) is 0 Å². The topological polar surface area (TPSA) is 50.4 Å². The molecule has 0 saturated carbocycles. The first-order valence-electron chi connectivity index (χ1n) is 7.44. The highest BCUT2D eigenvalue weighted by atomic mass is 16.5. The van der Waals surface area contributed by atoms with E-state index in [1.54, 1.807) is 0 Å². The highest BCUT2D eigenvalue weighted by Gasteiger charge is 2.18. The molecule has 1 saturated heterocycles. The maximum Gasteiger partial charge on any atom is 0.251 e. The summed E-state index contributed by atoms with van der Waals surface area (Å²) in [6.07, 6.45) is 3.10. The molecule has 0 aromatic heterocycles. The van der Waals surface area contributed by atoms with Gasteiger partial charge in [-0.1, -0.05) is 6.92 Å². The predicted octanol–water partition coefficient (Wildman–Crippen LogP) is 2.73. The van der Waals surface area contributed by atoms with E-state index in [4.69, 9.17) is 4.74 Å². The minimum absolute atomic E-state index is 0.0000384. The van der Waals surface area contributed by atoms with Crippen LogP contribution in [0.4, 0.5) is 5.69 Å². The number of nitrogens with one attached hydrogen (secondary N) is 2. The van der Waals surface area contributed by atoms with E-state index in [9.17, 15) is 4.79 Å². The van der Waals surface area contributed by atoms with E-state index in [1.807, 2.05) is 25.1 Å². The minimum Gasteiger partial charge on any atom is -0.385 e. The lowest BCUT2D eigenvalue weighted by molar-refractivity contribution is 0.0624. The van der Waals surface area contributed by atoms with Crippen LogP contribution in [0.25, 0.3) is 0 Å². The Morgan fingerprint density at radius 3 is 2.95 bits per heavy atom. The molecule has 20 heavy (non-hydrogen) atoms. The van der Waals surface area contributed by atoms with Gasteiger partial charge >= 0.3 is 0 Å². The summed E-state index contributed by atoms with van der Waals surface area (Å²) in [4.78, 5) is 12.3. The van der Waals surface area contributed by atoms with Gasteiger partial charge in [-0.25, -0.2) is 0 Å². The normalized spacial score (nSPS) is 18.6. The van der Waals surface area contributed by atoms with Gasteiger partial charge in [0.25, 0.3) is 5.91 Å². The molecule has 4 nitrogen and oxygen atoms in total. The number of carbonyl (C=O) groups excluding carboxylic acids is 1. The number of hydrogen-bond donors (Lipinski definition) is 2. The first kappa shape index (κ1) is 14.9. The average Bonchev–Trinajstić information content (AvgIpc) is 2.46. The van der Waals surface area contributed by atoms with E-state index in [2.05, 4.69) is 17.6 Å². The Hall–Kier alpha value is -1.55. The van der Waals surface area contributed by atoms with Crippen LogP contribution >= 0.6 is 0 Å². The van der Waals surface area contributed by atoms with Crippen LogP contribution < -0.4 is 10.6 Å². The molecular weight excluding hydrogens is 252 g/mol. The molecule has 2 rings (SSSR count). The second-order valence-corrected chi connectivity index (χ2v) is 5.34. The van der Waals surface area contributed by atoms with Crippen molar-refractivity contribution in [3.8, 4) is 0 Å². The summed E-state index contributed by atoms with van der Waals surface area (Å²) >= 11 is 0. The molecule has 0 aliphatic carbocycles. The third-order valence-electron chi connectivity index (χ3n) is 3.55. The summed E-state index contributed by atoms with van der Waals surface area (Å²) in [6, 6.07) is 6.04. The lowest BCUT2D eigenvalue weighted by atomic mass is 10.1. The van der Waals surface area contributed by atoms with Crippen molar-refractivity contribution in [3.63, 3.8) is 0 Å². The Kier molecular flexibility index (Phi) is 5.41. The highest BCUT2D eigenvalue weighted by Crippen LogP contribution is 2.16. The average molecular weight is 276 g/mol. The van der Waals surface area contributed by atoms with E-state index >= 15 is 0 Å². The predicted molar refractivity (Wildman–Crippen MR) is 81.3 cm³/mol. The van der Waals surface area contributed by atoms with Crippen molar-refractivity contribution in [2.45, 2.75) is 39.2 Å². The molecule has 1 heterocycles. The summed E-state index contributed by atoms with van der Waals surface area (Å²) in [5, 5.41) is 6.39. The molecule has 0 spiro atoms. The van der Waals surface area contributed by atoms with Crippen molar-refractivity contribution in [2.75, 3.05) is 25.1 Å². The molecule has 4 heteroatoms. The molecule has 0 bridgehead atoms. The van der Waals surface area contributed by atoms with Crippen molar-refractivity contribution in [1.82, 2.24) is 5.32 Å². The molecule has 110 valence electrons. The smallest absolute Gasteiger partial charge is 0.251 e. The van der Waals surface area contributed by atoms with Crippen molar-refractivity contribution in [3.05, 3.63) is 29.3 Å². The van der Waals surface area contributed by atoms with Gasteiger partial charge in [0.15, 0.2) is 0 Å². The van der Waals surface area contributed by atoms with Gasteiger partial charge in [0, 0.05) is 24.4 Å². The second-order valence-electron chi connectivity index (χ2n) is 5.34. The Morgan fingerprint density at radius 2 is 2.30 bits per heavy atom. The summed E-state index contributed by atoms with van der Waals surface area (Å²) in [5.41, 5.74) is 2.82. The van der Waals surface area contributed by atoms with Crippen molar-refractivity contribution in [2.24, 2.45) is 0 Å². The van der Waals surface area contributed by atoms with E-state index in [0.29, 0.717) is 6.61 Å². The molecule has 2 N–H and O–H groups in total. The minimum atomic E-state index is 0.0000384. The quantitative estimate of drug-likeness (QED) is 0.869. The fourth-order valence-electron chi connectivity index (χ4n) is 2.42. The van der Waals surface area contributed by atoms with E-state index in [-0.39, 0.29) is 11.9 Å². The Bertz CT molecular complexity index is 454. The van der Waals surface area contributed by atoms with Crippen molar-refractivity contribution >= 4 is 11.6 Å². The Morgan fingerprint density at radius 1 is 1.45 bits per heavy atom. The second kappa shape index (κ2) is 7.29. The van der Waals surface area contributed by atoms with Crippen molar-refractivity contribution in [1.29, 1.82) is 0 Å². The summed E-state index contributed by atoms with van der Waals surface area (Å²) < 4.78 is 5.39. The number of rotatable bonds is 5. The summed E-state index contributed by atoms with van der Waals surface area (Å²) in [7, 11) is 0. The van der Waals surface area contributed by atoms with Gasteiger partial charge in [0.2, 0.25) is 0 Å². The molecule has 1 atom stereocenters. The lowest BCUT2D eigenvalue weighted by Crippen LogP contribution is -2.40. The van der Waals surface area contributed by atoms with Crippen LogP contribution in [0, 0.1) is 6.92 Å². The van der Waals surface area contributed by atoms with Crippen LogP contribution in [-0.2, 0) is 4.74 Å². The number of hydrogen-bond acceptors (Lipinski definition) is 3. The number of ether oxygens (including phenoxy) is 1. The SMILES string of the molecule is CCCNc1ccc(C(=O)NC2CCCOC2)c(C)c1. The standard InChI is InChI=1S/C16H24N2O2/c1-3-8-17-13-6-7-15(12(2)10-13)16(19)18-14-5-4-9-20-11-14/h6-7,10,14,17H,3-5,8-9,11H2,1-2H3,(H,18,19). The molecule has 1 aromatic rings. The third kappa shape index (κ3) is 3.97. The zero-order valence-corrected chi connectivity index (χ0v) is 12.4. The summed E-state index contributed by atoms with van der Waals surface area (Å²) in [6.45, 7) is 6.49. The molecule has 1 fully saturated rings. The molecule has 1 amide bonds.